The highest BCUT2D eigenvalue weighted by molar-refractivity contribution is 5.63. The van der Waals surface area contributed by atoms with Crippen molar-refractivity contribution < 1.29 is 0 Å². The number of hydrogen-bond donors (Lipinski definition) is 0. The number of likely N-dealkylation sites (tertiary alicyclic amines) is 1. The minimum Gasteiger partial charge on any atom is -0.355 e. The molecule has 5 heterocycles. The van der Waals surface area contributed by atoms with Crippen LogP contribution in [0.2, 0.25) is 0 Å². The minimum absolute atomic E-state index is 0.275. The van der Waals surface area contributed by atoms with Gasteiger partial charge in [-0.15, -0.1) is 0 Å². The van der Waals surface area contributed by atoms with E-state index < -0.39 is 0 Å². The Balaban J connectivity index is 1.57. The molecule has 5 rings (SSSR count). The molecule has 33 heavy (non-hydrogen) atoms. The second-order valence-electron chi connectivity index (χ2n) is 9.58. The van der Waals surface area contributed by atoms with E-state index in [-0.39, 0.29) is 6.04 Å². The number of imidazole rings is 1. The summed E-state index contributed by atoms with van der Waals surface area (Å²) in [5.41, 5.74) is 5.93. The molecular weight excluding hydrogens is 408 g/mol. The zero-order chi connectivity index (χ0) is 22.9. The fraction of sp³-hybridized carbons (Fsp3) is 0.481. The molecule has 2 aliphatic heterocycles. The highest BCUT2D eigenvalue weighted by Gasteiger charge is 2.34. The first kappa shape index (κ1) is 22.1. The lowest BCUT2D eigenvalue weighted by molar-refractivity contribution is 0.109. The first-order valence-corrected chi connectivity index (χ1v) is 12.3. The standard InChI is InChI=1S/C27H36N6/c1-5-9-23-27(22-12-6-11-21(31(22)4)26-20(2)10-8-15-28-26)29-24-13-7-14-25(33(23)24)32-18-16-30(3)17-19-32/h5,7-10,13-15,21-22H,6,11-12,16-19H2,1-4H3/b9-5+. The first-order valence-electron chi connectivity index (χ1n) is 12.3. The number of fused-ring (bicyclic) bond motifs is 1. The molecule has 0 saturated carbocycles. The van der Waals surface area contributed by atoms with Gasteiger partial charge >= 0.3 is 0 Å². The van der Waals surface area contributed by atoms with Crippen molar-refractivity contribution >= 4 is 17.5 Å². The van der Waals surface area contributed by atoms with Gasteiger partial charge in [-0.25, -0.2) is 4.98 Å². The number of rotatable bonds is 4. The van der Waals surface area contributed by atoms with E-state index in [1.165, 1.54) is 34.9 Å². The van der Waals surface area contributed by atoms with Crippen LogP contribution in [0.5, 0.6) is 0 Å². The van der Waals surface area contributed by atoms with Crippen molar-refractivity contribution in [3.05, 3.63) is 65.2 Å². The van der Waals surface area contributed by atoms with E-state index in [1.807, 2.05) is 12.3 Å². The molecule has 2 saturated heterocycles. The fourth-order valence-corrected chi connectivity index (χ4v) is 5.60. The number of nitrogens with zero attached hydrogens (tertiary/aromatic N) is 6. The van der Waals surface area contributed by atoms with Crippen LogP contribution < -0.4 is 4.90 Å². The van der Waals surface area contributed by atoms with Gasteiger partial charge in [0.1, 0.15) is 11.5 Å². The number of allylic oxidation sites excluding steroid dienone is 1. The summed E-state index contributed by atoms with van der Waals surface area (Å²) in [7, 11) is 4.46. The molecule has 6 nitrogen and oxygen atoms in total. The van der Waals surface area contributed by atoms with Crippen molar-refractivity contribution in [3.63, 3.8) is 0 Å². The van der Waals surface area contributed by atoms with E-state index in [0.29, 0.717) is 6.04 Å². The number of aromatic nitrogens is 3. The smallest absolute Gasteiger partial charge is 0.139 e. The predicted molar refractivity (Wildman–Crippen MR) is 136 cm³/mol. The van der Waals surface area contributed by atoms with E-state index in [4.69, 9.17) is 9.97 Å². The van der Waals surface area contributed by atoms with E-state index in [1.54, 1.807) is 0 Å². The Morgan fingerprint density at radius 2 is 1.70 bits per heavy atom. The fourth-order valence-electron chi connectivity index (χ4n) is 5.60. The lowest BCUT2D eigenvalue weighted by Crippen LogP contribution is -2.45. The van der Waals surface area contributed by atoms with E-state index in [0.717, 1.165) is 44.7 Å². The summed E-state index contributed by atoms with van der Waals surface area (Å²) in [6, 6.07) is 11.4. The van der Waals surface area contributed by atoms with Gasteiger partial charge in [-0.05, 0) is 77.0 Å². The number of piperidine rings is 1. The van der Waals surface area contributed by atoms with Crippen molar-refractivity contribution in [2.24, 2.45) is 0 Å². The van der Waals surface area contributed by atoms with Gasteiger partial charge in [0.25, 0.3) is 0 Å². The number of likely N-dealkylation sites (N-methyl/N-ethyl adjacent to an activating group) is 1. The molecular formula is C27H36N6. The van der Waals surface area contributed by atoms with Gasteiger partial charge in [0.05, 0.1) is 29.2 Å². The normalized spacial score (nSPS) is 23.1. The summed E-state index contributed by atoms with van der Waals surface area (Å²) < 4.78 is 2.38. The number of hydrogen-bond acceptors (Lipinski definition) is 5. The minimum atomic E-state index is 0.275. The monoisotopic (exact) mass is 444 g/mol. The van der Waals surface area contributed by atoms with Crippen LogP contribution >= 0.6 is 0 Å². The van der Waals surface area contributed by atoms with Gasteiger partial charge in [0.2, 0.25) is 0 Å². The summed E-state index contributed by atoms with van der Waals surface area (Å²) in [5.74, 6) is 1.25. The van der Waals surface area contributed by atoms with Crippen LogP contribution in [0, 0.1) is 6.92 Å². The van der Waals surface area contributed by atoms with Crippen molar-refractivity contribution in [2.45, 2.75) is 45.2 Å². The van der Waals surface area contributed by atoms with Crippen LogP contribution in [-0.4, -0.2) is 64.4 Å². The zero-order valence-electron chi connectivity index (χ0n) is 20.4. The summed E-state index contributed by atoms with van der Waals surface area (Å²) in [6.07, 6.45) is 9.78. The van der Waals surface area contributed by atoms with E-state index in [9.17, 15) is 0 Å². The van der Waals surface area contributed by atoms with Crippen LogP contribution in [0.3, 0.4) is 0 Å². The maximum absolute atomic E-state index is 5.24. The highest BCUT2D eigenvalue weighted by atomic mass is 15.3. The van der Waals surface area contributed by atoms with Gasteiger partial charge in [0, 0.05) is 32.4 Å². The molecule has 0 amide bonds. The average molecular weight is 445 g/mol. The Morgan fingerprint density at radius 3 is 2.42 bits per heavy atom. The van der Waals surface area contributed by atoms with Crippen molar-refractivity contribution in [2.75, 3.05) is 45.2 Å². The van der Waals surface area contributed by atoms with Crippen LogP contribution in [0.25, 0.3) is 11.7 Å². The quantitative estimate of drug-likeness (QED) is 0.582. The van der Waals surface area contributed by atoms with Crippen molar-refractivity contribution in [1.29, 1.82) is 0 Å². The second kappa shape index (κ2) is 9.27. The van der Waals surface area contributed by atoms with Gasteiger partial charge in [-0.3, -0.25) is 14.3 Å². The van der Waals surface area contributed by atoms with Gasteiger partial charge in [-0.1, -0.05) is 18.2 Å². The Morgan fingerprint density at radius 1 is 0.939 bits per heavy atom. The molecule has 3 aromatic rings. The van der Waals surface area contributed by atoms with E-state index in [2.05, 4.69) is 83.5 Å². The summed E-state index contributed by atoms with van der Waals surface area (Å²) >= 11 is 0. The third-order valence-electron chi connectivity index (χ3n) is 7.46. The largest absolute Gasteiger partial charge is 0.355 e. The SMILES string of the molecule is C/C=C/c1c(C2CCCC(c3ncccc3C)N2C)nc2cccc(N3CCN(C)CC3)n12. The summed E-state index contributed by atoms with van der Waals surface area (Å²) in [4.78, 5) is 17.4. The first-order chi connectivity index (χ1) is 16.1. The molecule has 0 aliphatic carbocycles. The maximum Gasteiger partial charge on any atom is 0.139 e. The van der Waals surface area contributed by atoms with Crippen LogP contribution in [0.15, 0.2) is 42.6 Å². The summed E-state index contributed by atoms with van der Waals surface area (Å²) in [6.45, 7) is 8.55. The second-order valence-corrected chi connectivity index (χ2v) is 9.58. The van der Waals surface area contributed by atoms with Crippen LogP contribution in [0.1, 0.15) is 60.9 Å². The molecule has 174 valence electrons. The Kier molecular flexibility index (Phi) is 6.21. The van der Waals surface area contributed by atoms with Gasteiger partial charge in [-0.2, -0.15) is 0 Å². The molecule has 2 atom stereocenters. The molecule has 6 heteroatoms. The van der Waals surface area contributed by atoms with Crippen LogP contribution in [0.4, 0.5) is 5.82 Å². The third kappa shape index (κ3) is 4.06. The van der Waals surface area contributed by atoms with E-state index >= 15 is 0 Å². The predicted octanol–water partition coefficient (Wildman–Crippen LogP) is 4.72. The molecule has 3 aromatic heterocycles. The Bertz CT molecular complexity index is 1140. The van der Waals surface area contributed by atoms with Crippen molar-refractivity contribution in [3.8, 4) is 0 Å². The Hall–Kier alpha value is -2.70. The molecule has 0 aromatic carbocycles. The number of anilines is 1. The molecule has 2 aliphatic rings. The summed E-state index contributed by atoms with van der Waals surface area (Å²) in [5, 5.41) is 0. The lowest BCUT2D eigenvalue weighted by Gasteiger charge is -2.39. The molecule has 0 spiro atoms. The molecule has 2 unspecified atom stereocenters. The van der Waals surface area contributed by atoms with Gasteiger partial charge < -0.3 is 9.80 Å². The molecule has 0 radical (unpaired) electrons. The number of aryl methyl sites for hydroxylation is 1. The maximum atomic E-state index is 5.24. The molecule has 2 fully saturated rings. The van der Waals surface area contributed by atoms with Crippen LogP contribution in [-0.2, 0) is 0 Å². The average Bonchev–Trinajstić information content (AvgIpc) is 3.19. The topological polar surface area (TPSA) is 39.9 Å². The highest BCUT2D eigenvalue weighted by Crippen LogP contribution is 2.42. The van der Waals surface area contributed by atoms with Crippen molar-refractivity contribution in [1.82, 2.24) is 24.2 Å². The number of piperazine rings is 1. The van der Waals surface area contributed by atoms with Gasteiger partial charge in [0.15, 0.2) is 0 Å². The zero-order valence-corrected chi connectivity index (χ0v) is 20.4. The Labute approximate surface area is 197 Å². The number of pyridine rings is 2. The molecule has 0 N–H and O–H groups in total. The lowest BCUT2D eigenvalue weighted by atomic mass is 9.90. The molecule has 0 bridgehead atoms. The third-order valence-corrected chi connectivity index (χ3v) is 7.46.